The van der Waals surface area contributed by atoms with Crippen LogP contribution in [0.1, 0.15) is 13.8 Å². The lowest BCUT2D eigenvalue weighted by Gasteiger charge is -1.92. The summed E-state index contributed by atoms with van der Waals surface area (Å²) in [5.41, 5.74) is 1.76. The molecule has 0 radical (unpaired) electrons. The van der Waals surface area contributed by atoms with Crippen LogP contribution in [-0.4, -0.2) is 13.3 Å². The topological polar surface area (TPSA) is 29.1 Å². The molecule has 10 heavy (non-hydrogen) atoms. The highest BCUT2D eigenvalue weighted by Gasteiger charge is 1.87. The van der Waals surface area contributed by atoms with E-state index in [0.29, 0.717) is 0 Å². The first-order valence-electron chi connectivity index (χ1n) is 3.19. The van der Waals surface area contributed by atoms with Gasteiger partial charge in [0.2, 0.25) is 0 Å². The standard InChI is InChI=1S/C8H13NO/c1-7(4-5-9-3)8(2)6-10/h4-6,9H,1-3H3/b5-4-,8-7-. The lowest BCUT2D eigenvalue weighted by molar-refractivity contribution is -0.104. The second kappa shape index (κ2) is 4.79. The zero-order valence-electron chi connectivity index (χ0n) is 6.64. The Balaban J connectivity index is 4.17. The molecule has 0 unspecified atom stereocenters. The van der Waals surface area contributed by atoms with Crippen LogP contribution in [0.4, 0.5) is 0 Å². The Hall–Kier alpha value is -1.05. The summed E-state index contributed by atoms with van der Waals surface area (Å²) >= 11 is 0. The van der Waals surface area contributed by atoms with Gasteiger partial charge in [0.1, 0.15) is 6.29 Å². The Morgan fingerprint density at radius 2 is 1.90 bits per heavy atom. The van der Waals surface area contributed by atoms with Crippen LogP contribution in [0.3, 0.4) is 0 Å². The molecular weight excluding hydrogens is 126 g/mol. The fourth-order valence-corrected chi connectivity index (χ4v) is 0.433. The second-order valence-corrected chi connectivity index (χ2v) is 2.11. The van der Waals surface area contributed by atoms with Crippen molar-refractivity contribution in [2.45, 2.75) is 13.8 Å². The summed E-state index contributed by atoms with van der Waals surface area (Å²) in [6, 6.07) is 0. The first kappa shape index (κ1) is 8.95. The number of hydrogen-bond donors (Lipinski definition) is 1. The Morgan fingerprint density at radius 1 is 1.30 bits per heavy atom. The van der Waals surface area contributed by atoms with Gasteiger partial charge in [-0.25, -0.2) is 0 Å². The number of carbonyl (C=O) groups is 1. The maximum atomic E-state index is 10.2. The van der Waals surface area contributed by atoms with Crippen molar-refractivity contribution in [3.05, 3.63) is 23.4 Å². The van der Waals surface area contributed by atoms with Crippen LogP contribution in [0.25, 0.3) is 0 Å². The number of nitrogens with one attached hydrogen (secondary N) is 1. The summed E-state index contributed by atoms with van der Waals surface area (Å²) < 4.78 is 0. The molecule has 1 N–H and O–H groups in total. The van der Waals surface area contributed by atoms with Crippen molar-refractivity contribution in [2.24, 2.45) is 0 Å². The molecule has 0 aromatic rings. The molecule has 0 aromatic heterocycles. The van der Waals surface area contributed by atoms with Gasteiger partial charge in [-0.05, 0) is 37.3 Å². The van der Waals surface area contributed by atoms with Gasteiger partial charge in [-0.2, -0.15) is 0 Å². The molecule has 56 valence electrons. The summed E-state index contributed by atoms with van der Waals surface area (Å²) in [5.74, 6) is 0. The molecule has 0 aromatic carbocycles. The van der Waals surface area contributed by atoms with Gasteiger partial charge in [-0.3, -0.25) is 4.79 Å². The van der Waals surface area contributed by atoms with E-state index in [0.717, 1.165) is 17.4 Å². The van der Waals surface area contributed by atoms with Crippen molar-refractivity contribution >= 4 is 6.29 Å². The maximum Gasteiger partial charge on any atom is 0.146 e. The van der Waals surface area contributed by atoms with Crippen LogP contribution in [0.5, 0.6) is 0 Å². The third-order valence-corrected chi connectivity index (χ3v) is 1.30. The van der Waals surface area contributed by atoms with Crippen LogP contribution in [0.15, 0.2) is 23.4 Å². The van der Waals surface area contributed by atoms with Crippen molar-refractivity contribution in [1.82, 2.24) is 5.32 Å². The SMILES string of the molecule is CN/C=C\C(C)=C(\C)C=O. The first-order valence-corrected chi connectivity index (χ1v) is 3.19. The summed E-state index contributed by atoms with van der Waals surface area (Å²) in [7, 11) is 1.82. The molecule has 0 saturated carbocycles. The molecule has 0 aliphatic rings. The molecule has 0 fully saturated rings. The number of allylic oxidation sites excluding steroid dienone is 3. The normalized spacial score (nSPS) is 13.1. The average Bonchev–Trinajstić information content (AvgIpc) is 1.98. The molecular formula is C8H13NO. The predicted molar refractivity (Wildman–Crippen MR) is 42.6 cm³/mol. The average molecular weight is 139 g/mol. The van der Waals surface area contributed by atoms with E-state index in [1.54, 1.807) is 13.1 Å². The van der Waals surface area contributed by atoms with Crippen LogP contribution >= 0.6 is 0 Å². The van der Waals surface area contributed by atoms with Crippen molar-refractivity contribution in [3.63, 3.8) is 0 Å². The van der Waals surface area contributed by atoms with E-state index >= 15 is 0 Å². The molecule has 0 spiro atoms. The number of rotatable bonds is 3. The molecule has 0 amide bonds. The Morgan fingerprint density at radius 3 is 2.30 bits per heavy atom. The molecule has 0 aliphatic heterocycles. The van der Waals surface area contributed by atoms with Gasteiger partial charge >= 0.3 is 0 Å². The van der Waals surface area contributed by atoms with Gasteiger partial charge < -0.3 is 5.32 Å². The van der Waals surface area contributed by atoms with Crippen LogP contribution in [0, 0.1) is 0 Å². The quantitative estimate of drug-likeness (QED) is 0.362. The van der Waals surface area contributed by atoms with Crippen LogP contribution in [0.2, 0.25) is 0 Å². The minimum absolute atomic E-state index is 0.770. The zero-order chi connectivity index (χ0) is 7.98. The van der Waals surface area contributed by atoms with E-state index < -0.39 is 0 Å². The van der Waals surface area contributed by atoms with Crippen LogP contribution in [-0.2, 0) is 4.79 Å². The summed E-state index contributed by atoms with van der Waals surface area (Å²) in [6.07, 6.45) is 4.52. The van der Waals surface area contributed by atoms with Crippen LogP contribution < -0.4 is 5.32 Å². The smallest absolute Gasteiger partial charge is 0.146 e. The first-order chi connectivity index (χ1) is 4.72. The zero-order valence-corrected chi connectivity index (χ0v) is 6.64. The Kier molecular flexibility index (Phi) is 4.29. The van der Waals surface area contributed by atoms with Gasteiger partial charge in [-0.1, -0.05) is 0 Å². The highest BCUT2D eigenvalue weighted by atomic mass is 16.1. The summed E-state index contributed by atoms with van der Waals surface area (Å²) in [6.45, 7) is 3.69. The predicted octanol–water partition coefficient (Wildman–Crippen LogP) is 1.25. The van der Waals surface area contributed by atoms with Crippen molar-refractivity contribution in [3.8, 4) is 0 Å². The van der Waals surface area contributed by atoms with E-state index in [2.05, 4.69) is 5.32 Å². The monoisotopic (exact) mass is 139 g/mol. The highest BCUT2D eigenvalue weighted by Crippen LogP contribution is 2.00. The van der Waals surface area contributed by atoms with E-state index in [9.17, 15) is 4.79 Å². The minimum atomic E-state index is 0.770. The maximum absolute atomic E-state index is 10.2. The molecule has 2 nitrogen and oxygen atoms in total. The van der Waals surface area contributed by atoms with Crippen molar-refractivity contribution in [1.29, 1.82) is 0 Å². The van der Waals surface area contributed by atoms with Crippen molar-refractivity contribution < 1.29 is 4.79 Å². The van der Waals surface area contributed by atoms with Gasteiger partial charge in [-0.15, -0.1) is 0 Å². The Bertz CT molecular complexity index is 168. The molecule has 0 atom stereocenters. The van der Waals surface area contributed by atoms with E-state index in [1.165, 1.54) is 0 Å². The van der Waals surface area contributed by atoms with E-state index in [1.807, 2.05) is 20.0 Å². The molecule has 0 bridgehead atoms. The van der Waals surface area contributed by atoms with E-state index in [-0.39, 0.29) is 0 Å². The van der Waals surface area contributed by atoms with Crippen molar-refractivity contribution in [2.75, 3.05) is 7.05 Å². The van der Waals surface area contributed by atoms with Gasteiger partial charge in [0.25, 0.3) is 0 Å². The Labute approximate surface area is 61.6 Å². The molecule has 0 heterocycles. The third kappa shape index (κ3) is 3.07. The fourth-order valence-electron chi connectivity index (χ4n) is 0.433. The molecule has 2 heteroatoms. The van der Waals surface area contributed by atoms with Gasteiger partial charge in [0, 0.05) is 7.05 Å². The largest absolute Gasteiger partial charge is 0.394 e. The number of carbonyl (C=O) groups excluding carboxylic acids is 1. The third-order valence-electron chi connectivity index (χ3n) is 1.30. The lowest BCUT2D eigenvalue weighted by atomic mass is 10.2. The number of aldehydes is 1. The van der Waals surface area contributed by atoms with Gasteiger partial charge in [0.05, 0.1) is 0 Å². The molecule has 0 rings (SSSR count). The second-order valence-electron chi connectivity index (χ2n) is 2.11. The molecule has 0 aliphatic carbocycles. The fraction of sp³-hybridized carbons (Fsp3) is 0.375. The molecule has 0 saturated heterocycles. The minimum Gasteiger partial charge on any atom is -0.394 e. The summed E-state index contributed by atoms with van der Waals surface area (Å²) in [5, 5.41) is 2.85. The lowest BCUT2D eigenvalue weighted by Crippen LogP contribution is -1.92. The summed E-state index contributed by atoms with van der Waals surface area (Å²) in [4.78, 5) is 10.2. The number of hydrogen-bond acceptors (Lipinski definition) is 2. The van der Waals surface area contributed by atoms with E-state index in [4.69, 9.17) is 0 Å². The highest BCUT2D eigenvalue weighted by molar-refractivity contribution is 5.74. The van der Waals surface area contributed by atoms with Gasteiger partial charge in [0.15, 0.2) is 0 Å².